The minimum absolute atomic E-state index is 0.307. The van der Waals surface area contributed by atoms with Gasteiger partial charge >= 0.3 is 7.12 Å². The van der Waals surface area contributed by atoms with Crippen LogP contribution in [0, 0.1) is 5.82 Å². The molecule has 1 fully saturated rings. The predicted molar refractivity (Wildman–Crippen MR) is 87.6 cm³/mol. The normalized spacial score (nSPS) is 19.4. The molecule has 1 aliphatic heterocycles. The van der Waals surface area contributed by atoms with E-state index in [-0.39, 0.29) is 5.82 Å². The SMILES string of the molecule is CC1(C)OB(c2cc(-c3ccccc3)ccc2F)OC1(C)C. The minimum atomic E-state index is -0.686. The van der Waals surface area contributed by atoms with Gasteiger partial charge in [-0.15, -0.1) is 0 Å². The van der Waals surface area contributed by atoms with E-state index in [0.29, 0.717) is 5.46 Å². The molecule has 0 unspecified atom stereocenters. The molecule has 1 aliphatic rings. The fourth-order valence-corrected chi connectivity index (χ4v) is 2.50. The van der Waals surface area contributed by atoms with Crippen LogP contribution in [0.25, 0.3) is 11.1 Å². The van der Waals surface area contributed by atoms with Gasteiger partial charge in [0.05, 0.1) is 11.2 Å². The Kier molecular flexibility index (Phi) is 3.62. The molecule has 0 bridgehead atoms. The van der Waals surface area contributed by atoms with Crippen molar-refractivity contribution in [1.29, 1.82) is 0 Å². The van der Waals surface area contributed by atoms with Gasteiger partial charge in [-0.2, -0.15) is 0 Å². The van der Waals surface area contributed by atoms with E-state index in [9.17, 15) is 4.39 Å². The summed E-state index contributed by atoms with van der Waals surface area (Å²) in [5.74, 6) is -0.307. The molecule has 2 nitrogen and oxygen atoms in total. The van der Waals surface area contributed by atoms with Crippen molar-refractivity contribution in [2.45, 2.75) is 38.9 Å². The maximum Gasteiger partial charge on any atom is 0.497 e. The summed E-state index contributed by atoms with van der Waals surface area (Å²) in [5.41, 5.74) is 1.48. The summed E-state index contributed by atoms with van der Waals surface area (Å²) < 4.78 is 26.2. The van der Waals surface area contributed by atoms with Crippen LogP contribution >= 0.6 is 0 Å². The highest BCUT2D eigenvalue weighted by molar-refractivity contribution is 6.62. The Hall–Kier alpha value is -1.65. The largest absolute Gasteiger partial charge is 0.497 e. The van der Waals surface area contributed by atoms with Gasteiger partial charge in [0.15, 0.2) is 0 Å². The van der Waals surface area contributed by atoms with Gasteiger partial charge in [0.1, 0.15) is 5.82 Å². The first kappa shape index (κ1) is 15.3. The Morgan fingerprint density at radius 2 is 1.41 bits per heavy atom. The fraction of sp³-hybridized carbons (Fsp3) is 0.333. The van der Waals surface area contributed by atoms with Crippen molar-refractivity contribution in [3.8, 4) is 11.1 Å². The minimum Gasteiger partial charge on any atom is -0.399 e. The fourth-order valence-electron chi connectivity index (χ4n) is 2.50. The first-order valence-corrected chi connectivity index (χ1v) is 7.51. The molecule has 2 aromatic carbocycles. The predicted octanol–water partition coefficient (Wildman–Crippen LogP) is 3.79. The second-order valence-corrected chi connectivity index (χ2v) is 6.69. The zero-order valence-corrected chi connectivity index (χ0v) is 13.4. The molecule has 114 valence electrons. The Bertz CT molecular complexity index is 667. The molecule has 0 radical (unpaired) electrons. The van der Waals surface area contributed by atoms with Gasteiger partial charge in [0.25, 0.3) is 0 Å². The number of hydrogen-bond donors (Lipinski definition) is 0. The van der Waals surface area contributed by atoms with Crippen LogP contribution in [0.15, 0.2) is 48.5 Å². The monoisotopic (exact) mass is 298 g/mol. The molecule has 0 atom stereocenters. The van der Waals surface area contributed by atoms with Gasteiger partial charge < -0.3 is 9.31 Å². The summed E-state index contributed by atoms with van der Waals surface area (Å²) in [7, 11) is -0.686. The summed E-state index contributed by atoms with van der Waals surface area (Å²) in [6.45, 7) is 7.86. The maximum absolute atomic E-state index is 14.3. The zero-order chi connectivity index (χ0) is 16.0. The molecule has 0 amide bonds. The molecule has 1 saturated heterocycles. The van der Waals surface area contributed by atoms with Crippen LogP contribution in [0.3, 0.4) is 0 Å². The molecule has 4 heteroatoms. The van der Waals surface area contributed by atoms with Crippen LogP contribution in [0.2, 0.25) is 0 Å². The quantitative estimate of drug-likeness (QED) is 0.785. The second kappa shape index (κ2) is 5.22. The highest BCUT2D eigenvalue weighted by atomic mass is 19.1. The second-order valence-electron chi connectivity index (χ2n) is 6.69. The Morgan fingerprint density at radius 3 is 2.00 bits per heavy atom. The lowest BCUT2D eigenvalue weighted by atomic mass is 9.77. The average molecular weight is 298 g/mol. The standard InChI is InChI=1S/C18H20BFO2/c1-17(2)18(3,4)22-19(21-17)15-12-14(10-11-16(15)20)13-8-6-5-7-9-13/h5-12H,1-4H3. The molecule has 2 aromatic rings. The van der Waals surface area contributed by atoms with Gasteiger partial charge in [0.2, 0.25) is 0 Å². The molecule has 1 heterocycles. The number of hydrogen-bond acceptors (Lipinski definition) is 2. The highest BCUT2D eigenvalue weighted by Crippen LogP contribution is 2.36. The van der Waals surface area contributed by atoms with E-state index >= 15 is 0 Å². The Labute approximate surface area is 131 Å². The number of halogens is 1. The first-order chi connectivity index (χ1) is 10.3. The maximum atomic E-state index is 14.3. The van der Waals surface area contributed by atoms with Gasteiger partial charge in [0, 0.05) is 5.46 Å². The van der Waals surface area contributed by atoms with E-state index in [1.807, 2.05) is 64.1 Å². The molecule has 0 aromatic heterocycles. The van der Waals surface area contributed by atoms with E-state index in [1.54, 1.807) is 6.07 Å². The van der Waals surface area contributed by atoms with Crippen LogP contribution in [0.4, 0.5) is 4.39 Å². The van der Waals surface area contributed by atoms with E-state index < -0.39 is 18.3 Å². The van der Waals surface area contributed by atoms with Gasteiger partial charge in [-0.05, 0) is 44.9 Å². The molecular weight excluding hydrogens is 278 g/mol. The van der Waals surface area contributed by atoms with Crippen molar-refractivity contribution in [1.82, 2.24) is 0 Å². The molecule has 0 N–H and O–H groups in total. The van der Waals surface area contributed by atoms with Gasteiger partial charge in [-0.1, -0.05) is 42.5 Å². The van der Waals surface area contributed by atoms with Crippen LogP contribution in [-0.2, 0) is 9.31 Å². The van der Waals surface area contributed by atoms with Crippen molar-refractivity contribution >= 4 is 12.6 Å². The van der Waals surface area contributed by atoms with E-state index in [0.717, 1.165) is 11.1 Å². The smallest absolute Gasteiger partial charge is 0.399 e. The van der Waals surface area contributed by atoms with Crippen LogP contribution < -0.4 is 5.46 Å². The van der Waals surface area contributed by atoms with Crippen molar-refractivity contribution in [3.63, 3.8) is 0 Å². The van der Waals surface area contributed by atoms with Crippen LogP contribution in [0.5, 0.6) is 0 Å². The Morgan fingerprint density at radius 1 is 0.818 bits per heavy atom. The summed E-state index contributed by atoms with van der Waals surface area (Å²) in [6, 6.07) is 15.0. The average Bonchev–Trinajstić information content (AvgIpc) is 2.69. The van der Waals surface area contributed by atoms with Crippen LogP contribution in [0.1, 0.15) is 27.7 Å². The molecular formula is C18H20BFO2. The summed E-state index contributed by atoms with van der Waals surface area (Å²) >= 11 is 0. The van der Waals surface area contributed by atoms with E-state index in [1.165, 1.54) is 6.07 Å². The number of benzene rings is 2. The van der Waals surface area contributed by atoms with Crippen molar-refractivity contribution in [2.75, 3.05) is 0 Å². The summed E-state index contributed by atoms with van der Waals surface area (Å²) in [4.78, 5) is 0. The lowest BCUT2D eigenvalue weighted by Gasteiger charge is -2.32. The molecule has 0 spiro atoms. The van der Waals surface area contributed by atoms with Crippen molar-refractivity contribution in [3.05, 3.63) is 54.3 Å². The Balaban J connectivity index is 1.99. The zero-order valence-electron chi connectivity index (χ0n) is 13.4. The van der Waals surface area contributed by atoms with Gasteiger partial charge in [-0.25, -0.2) is 4.39 Å². The van der Waals surface area contributed by atoms with E-state index in [2.05, 4.69) is 0 Å². The van der Waals surface area contributed by atoms with Crippen LogP contribution in [-0.4, -0.2) is 18.3 Å². The molecule has 0 aliphatic carbocycles. The van der Waals surface area contributed by atoms with Crippen molar-refractivity contribution < 1.29 is 13.7 Å². The van der Waals surface area contributed by atoms with Gasteiger partial charge in [-0.3, -0.25) is 0 Å². The topological polar surface area (TPSA) is 18.5 Å². The first-order valence-electron chi connectivity index (χ1n) is 7.51. The highest BCUT2D eigenvalue weighted by Gasteiger charge is 2.52. The lowest BCUT2D eigenvalue weighted by Crippen LogP contribution is -2.41. The lowest BCUT2D eigenvalue weighted by molar-refractivity contribution is 0.00578. The van der Waals surface area contributed by atoms with E-state index in [4.69, 9.17) is 9.31 Å². The third-order valence-electron chi connectivity index (χ3n) is 4.61. The number of rotatable bonds is 2. The molecule has 3 rings (SSSR count). The third kappa shape index (κ3) is 2.57. The summed E-state index contributed by atoms with van der Waals surface area (Å²) in [5, 5.41) is 0. The molecule has 22 heavy (non-hydrogen) atoms. The summed E-state index contributed by atoms with van der Waals surface area (Å²) in [6.07, 6.45) is 0. The third-order valence-corrected chi connectivity index (χ3v) is 4.61. The molecule has 0 saturated carbocycles. The van der Waals surface area contributed by atoms with Crippen molar-refractivity contribution in [2.24, 2.45) is 0 Å².